The van der Waals surface area contributed by atoms with Gasteiger partial charge in [-0.15, -0.1) is 0 Å². The van der Waals surface area contributed by atoms with Crippen LogP contribution < -0.4 is 16.0 Å². The van der Waals surface area contributed by atoms with Crippen molar-refractivity contribution >= 4 is 29.6 Å². The number of halogens is 3. The van der Waals surface area contributed by atoms with E-state index in [-0.39, 0.29) is 36.3 Å². The van der Waals surface area contributed by atoms with E-state index in [0.29, 0.717) is 25.5 Å². The smallest absolute Gasteiger partial charge is 0.475 e. The molecule has 0 spiro atoms. The van der Waals surface area contributed by atoms with E-state index in [1.807, 2.05) is 23.2 Å². The summed E-state index contributed by atoms with van der Waals surface area (Å²) in [7, 11) is 0. The van der Waals surface area contributed by atoms with Gasteiger partial charge in [0.2, 0.25) is 11.8 Å². The molecule has 4 N–H and O–H groups in total. The van der Waals surface area contributed by atoms with Gasteiger partial charge in [-0.3, -0.25) is 29.8 Å². The van der Waals surface area contributed by atoms with Crippen molar-refractivity contribution in [2.75, 3.05) is 18.4 Å². The highest BCUT2D eigenvalue weighted by Gasteiger charge is 2.38. The number of nitrogens with one attached hydrogen (secondary N) is 3. The lowest BCUT2D eigenvalue weighted by Crippen LogP contribution is -2.50. The van der Waals surface area contributed by atoms with Crippen LogP contribution in [0.4, 0.5) is 23.8 Å². The summed E-state index contributed by atoms with van der Waals surface area (Å²) in [5.41, 5.74) is 2.38. The summed E-state index contributed by atoms with van der Waals surface area (Å²) in [6, 6.07) is 9.27. The highest BCUT2D eigenvalue weighted by molar-refractivity contribution is 6.05. The number of amides is 4. The van der Waals surface area contributed by atoms with Crippen LogP contribution >= 0.6 is 0 Å². The summed E-state index contributed by atoms with van der Waals surface area (Å²) in [4.78, 5) is 46.5. The number of piperidine rings is 1. The summed E-state index contributed by atoms with van der Waals surface area (Å²) in [6.07, 6.45) is -1.56. The zero-order chi connectivity index (χ0) is 27.2. The number of aryl methyl sites for hydroxylation is 1. The summed E-state index contributed by atoms with van der Waals surface area (Å²) < 4.78 is 33.5. The second-order valence-corrected chi connectivity index (χ2v) is 8.67. The molecule has 2 fully saturated rings. The third-order valence-electron chi connectivity index (χ3n) is 5.97. The first kappa shape index (κ1) is 27.6. The maximum Gasteiger partial charge on any atom is 0.490 e. The van der Waals surface area contributed by atoms with E-state index in [9.17, 15) is 27.6 Å². The van der Waals surface area contributed by atoms with Gasteiger partial charge in [0.25, 0.3) is 0 Å². The Bertz CT molecular complexity index is 1140. The Morgan fingerprint density at radius 3 is 2.38 bits per heavy atom. The first-order valence-corrected chi connectivity index (χ1v) is 11.5. The number of hydrogen-bond acceptors (Lipinski definition) is 6. The average molecular weight is 525 g/mol. The van der Waals surface area contributed by atoms with Crippen molar-refractivity contribution in [2.45, 2.75) is 51.0 Å². The molecule has 2 aromatic rings. The van der Waals surface area contributed by atoms with Gasteiger partial charge < -0.3 is 10.4 Å². The number of aliphatic carboxylic acids is 1. The van der Waals surface area contributed by atoms with Crippen molar-refractivity contribution in [1.29, 1.82) is 0 Å². The highest BCUT2D eigenvalue weighted by atomic mass is 19.4. The van der Waals surface area contributed by atoms with E-state index in [4.69, 9.17) is 9.90 Å². The summed E-state index contributed by atoms with van der Waals surface area (Å²) >= 11 is 0. The number of benzene rings is 1. The van der Waals surface area contributed by atoms with Crippen LogP contribution in [0.2, 0.25) is 0 Å². The van der Waals surface area contributed by atoms with Gasteiger partial charge in [0.1, 0.15) is 0 Å². The van der Waals surface area contributed by atoms with Gasteiger partial charge in [0, 0.05) is 31.4 Å². The summed E-state index contributed by atoms with van der Waals surface area (Å²) in [5, 5.41) is 19.6. The number of anilines is 1. The Labute approximate surface area is 210 Å². The van der Waals surface area contributed by atoms with Crippen molar-refractivity contribution in [1.82, 2.24) is 25.3 Å². The van der Waals surface area contributed by atoms with Crippen LogP contribution in [0.1, 0.15) is 30.4 Å². The predicted molar refractivity (Wildman–Crippen MR) is 125 cm³/mol. The average Bonchev–Trinajstić information content (AvgIpc) is 3.40. The van der Waals surface area contributed by atoms with Gasteiger partial charge in [-0.25, -0.2) is 9.59 Å². The van der Waals surface area contributed by atoms with E-state index >= 15 is 0 Å². The third kappa shape index (κ3) is 8.03. The minimum absolute atomic E-state index is 0.0236. The monoisotopic (exact) mass is 524 g/mol. The fraction of sp³-hybridized carbons (Fsp3) is 0.435. The number of aromatic nitrogens is 2. The lowest BCUT2D eigenvalue weighted by atomic mass is 10.0. The molecule has 2 saturated heterocycles. The standard InChI is InChI=1S/C21H26N6O3.C2HF3O2/c1-14-4-2-3-5-15(14)13-27-11-8-18(25-27)23-21(30)22-16-6-9-26(10-7-16)17-12-19(28)24-20(17)29;3-2(4,5)1(6)7/h2-5,8,11,16-17H,6-7,9-10,12-13H2,1H3,(H,24,28,29)(H2,22,23,25,30);(H,6,7). The molecule has 1 atom stereocenters. The van der Waals surface area contributed by atoms with Gasteiger partial charge in [0.15, 0.2) is 5.82 Å². The number of alkyl halides is 3. The second-order valence-electron chi connectivity index (χ2n) is 8.67. The zero-order valence-electron chi connectivity index (χ0n) is 19.9. The molecular weight excluding hydrogens is 497 g/mol. The largest absolute Gasteiger partial charge is 0.490 e. The first-order chi connectivity index (χ1) is 17.4. The number of hydrogen-bond donors (Lipinski definition) is 4. The number of carboxylic acids is 1. The van der Waals surface area contributed by atoms with Crippen LogP contribution in [0.25, 0.3) is 0 Å². The van der Waals surface area contributed by atoms with Crippen molar-refractivity contribution in [2.24, 2.45) is 0 Å². The maximum absolute atomic E-state index is 12.3. The number of urea groups is 1. The van der Waals surface area contributed by atoms with E-state index < -0.39 is 12.1 Å². The lowest BCUT2D eigenvalue weighted by molar-refractivity contribution is -0.192. The highest BCUT2D eigenvalue weighted by Crippen LogP contribution is 2.18. The SMILES string of the molecule is Cc1ccccc1Cn1ccc(NC(=O)NC2CCN(C3CC(=O)NC3=O)CC2)n1.O=C(O)C(F)(F)F. The Balaban J connectivity index is 0.000000479. The van der Waals surface area contributed by atoms with Crippen molar-refractivity contribution < 1.29 is 37.5 Å². The molecule has 2 aliphatic rings. The van der Waals surface area contributed by atoms with Crippen molar-refractivity contribution in [3.05, 3.63) is 47.7 Å². The molecule has 1 aromatic heterocycles. The molecule has 0 radical (unpaired) electrons. The fourth-order valence-electron chi connectivity index (χ4n) is 4.01. The molecule has 3 heterocycles. The minimum Gasteiger partial charge on any atom is -0.475 e. The van der Waals surface area contributed by atoms with Crippen LogP contribution in [-0.2, 0) is 20.9 Å². The first-order valence-electron chi connectivity index (χ1n) is 11.5. The van der Waals surface area contributed by atoms with Crippen LogP contribution in [0.5, 0.6) is 0 Å². The molecule has 11 nitrogen and oxygen atoms in total. The predicted octanol–water partition coefficient (Wildman–Crippen LogP) is 1.87. The number of carbonyl (C=O) groups is 4. The number of carboxylic acid groups (broad SMARTS) is 1. The summed E-state index contributed by atoms with van der Waals surface area (Å²) in [6.45, 7) is 4.04. The van der Waals surface area contributed by atoms with E-state index in [2.05, 4.69) is 40.1 Å². The lowest BCUT2D eigenvalue weighted by Gasteiger charge is -2.34. The molecule has 2 aliphatic heterocycles. The van der Waals surface area contributed by atoms with Crippen LogP contribution in [0.15, 0.2) is 36.5 Å². The third-order valence-corrected chi connectivity index (χ3v) is 5.97. The van der Waals surface area contributed by atoms with Gasteiger partial charge >= 0.3 is 18.2 Å². The number of likely N-dealkylation sites (tertiary alicyclic amines) is 1. The Morgan fingerprint density at radius 2 is 1.81 bits per heavy atom. The zero-order valence-corrected chi connectivity index (χ0v) is 19.9. The van der Waals surface area contributed by atoms with Crippen molar-refractivity contribution in [3.63, 3.8) is 0 Å². The number of imide groups is 1. The fourth-order valence-corrected chi connectivity index (χ4v) is 4.01. The molecule has 0 aliphatic carbocycles. The molecule has 0 saturated carbocycles. The number of nitrogens with zero attached hydrogens (tertiary/aromatic N) is 3. The molecule has 4 rings (SSSR count). The topological polar surface area (TPSA) is 146 Å². The summed E-state index contributed by atoms with van der Waals surface area (Å²) in [5.74, 6) is -2.69. The minimum atomic E-state index is -5.08. The van der Waals surface area contributed by atoms with E-state index in [0.717, 1.165) is 12.8 Å². The van der Waals surface area contributed by atoms with Gasteiger partial charge in [0.05, 0.1) is 19.0 Å². The maximum atomic E-state index is 12.3. The quantitative estimate of drug-likeness (QED) is 0.437. The van der Waals surface area contributed by atoms with Crippen LogP contribution in [0.3, 0.4) is 0 Å². The molecule has 1 aromatic carbocycles. The van der Waals surface area contributed by atoms with Gasteiger partial charge in [-0.1, -0.05) is 24.3 Å². The van der Waals surface area contributed by atoms with Gasteiger partial charge in [-0.05, 0) is 30.9 Å². The second kappa shape index (κ2) is 11.9. The van der Waals surface area contributed by atoms with E-state index in [1.165, 1.54) is 11.1 Å². The normalized spacial score (nSPS) is 18.5. The molecule has 14 heteroatoms. The molecule has 37 heavy (non-hydrogen) atoms. The number of rotatable bonds is 5. The van der Waals surface area contributed by atoms with Crippen LogP contribution in [-0.4, -0.2) is 75.0 Å². The Kier molecular flexibility index (Phi) is 8.86. The molecular formula is C23H27F3N6O5. The van der Waals surface area contributed by atoms with Crippen LogP contribution in [0, 0.1) is 6.92 Å². The number of carbonyl (C=O) groups excluding carboxylic acids is 3. The van der Waals surface area contributed by atoms with Crippen molar-refractivity contribution in [3.8, 4) is 0 Å². The molecule has 1 unspecified atom stereocenters. The molecule has 0 bridgehead atoms. The van der Waals surface area contributed by atoms with Gasteiger partial charge in [-0.2, -0.15) is 18.3 Å². The van der Waals surface area contributed by atoms with E-state index in [1.54, 1.807) is 10.7 Å². The Hall–Kier alpha value is -3.94. The Morgan fingerprint density at radius 1 is 1.16 bits per heavy atom. The molecule has 200 valence electrons. The molecule has 4 amide bonds.